The molecule has 1 aliphatic rings. The maximum Gasteiger partial charge on any atom is 0.416 e. The summed E-state index contributed by atoms with van der Waals surface area (Å²) in [5, 5.41) is 0. The zero-order valence-electron chi connectivity index (χ0n) is 10.8. The van der Waals surface area contributed by atoms with E-state index >= 15 is 0 Å². The van der Waals surface area contributed by atoms with Crippen molar-refractivity contribution in [2.24, 2.45) is 0 Å². The van der Waals surface area contributed by atoms with E-state index in [1.165, 1.54) is 4.90 Å². The average Bonchev–Trinajstić information content (AvgIpc) is 2.62. The molecule has 1 aromatic rings. The van der Waals surface area contributed by atoms with Gasteiger partial charge in [0.1, 0.15) is 0 Å². The van der Waals surface area contributed by atoms with Crippen molar-refractivity contribution < 1.29 is 22.8 Å². The third-order valence-electron chi connectivity index (χ3n) is 3.18. The fourth-order valence-electron chi connectivity index (χ4n) is 1.97. The molecule has 2 rings (SSSR count). The minimum atomic E-state index is -4.54. The summed E-state index contributed by atoms with van der Waals surface area (Å²) in [5.74, 6) is -1.72. The molecule has 0 N–H and O–H groups in total. The van der Waals surface area contributed by atoms with Crippen LogP contribution >= 0.6 is 0 Å². The molecular weight excluding hydrogens is 271 g/mol. The number of carbonyl (C=O) groups is 2. The first-order valence-electron chi connectivity index (χ1n) is 5.99. The van der Waals surface area contributed by atoms with Crippen LogP contribution in [0.3, 0.4) is 0 Å². The lowest BCUT2D eigenvalue weighted by Gasteiger charge is -2.17. The second-order valence-electron chi connectivity index (χ2n) is 4.55. The Balaban J connectivity index is 2.44. The van der Waals surface area contributed by atoms with Crippen molar-refractivity contribution in [1.29, 1.82) is 0 Å². The Kier molecular flexibility index (Phi) is 3.41. The maximum absolute atomic E-state index is 12.6. The normalized spacial score (nSPS) is 14.7. The van der Waals surface area contributed by atoms with Gasteiger partial charge in [-0.15, -0.1) is 0 Å². The molecule has 0 atom stereocenters. The molecule has 0 saturated carbocycles. The van der Waals surface area contributed by atoms with Crippen molar-refractivity contribution in [1.82, 2.24) is 0 Å². The standard InChI is InChI=1S/C14H12F3NO2/c1-3-8(2)7-18-11-5-4-9(14(15,16)17)6-10(11)12(19)13(18)20/h4-6H,2-3,7H2,1H3. The van der Waals surface area contributed by atoms with Gasteiger partial charge in [0.05, 0.1) is 16.8 Å². The van der Waals surface area contributed by atoms with Gasteiger partial charge in [-0.3, -0.25) is 9.59 Å². The predicted octanol–water partition coefficient (Wildman–Crippen LogP) is 3.20. The highest BCUT2D eigenvalue weighted by molar-refractivity contribution is 6.52. The molecule has 0 aliphatic carbocycles. The van der Waals surface area contributed by atoms with Crippen molar-refractivity contribution in [3.8, 4) is 0 Å². The van der Waals surface area contributed by atoms with Gasteiger partial charge in [0.25, 0.3) is 11.7 Å². The number of fused-ring (bicyclic) bond motifs is 1. The predicted molar refractivity (Wildman–Crippen MR) is 67.6 cm³/mol. The molecule has 106 valence electrons. The molecule has 0 bridgehead atoms. The van der Waals surface area contributed by atoms with Crippen LogP contribution in [0.5, 0.6) is 0 Å². The summed E-state index contributed by atoms with van der Waals surface area (Å²) in [7, 11) is 0. The maximum atomic E-state index is 12.6. The fourth-order valence-corrected chi connectivity index (χ4v) is 1.97. The van der Waals surface area contributed by atoms with E-state index in [4.69, 9.17) is 0 Å². The van der Waals surface area contributed by atoms with Crippen LogP contribution in [0.25, 0.3) is 0 Å². The zero-order chi connectivity index (χ0) is 15.1. The van der Waals surface area contributed by atoms with E-state index < -0.39 is 23.4 Å². The molecular formula is C14H12F3NO2. The van der Waals surface area contributed by atoms with Crippen LogP contribution in [-0.4, -0.2) is 18.2 Å². The number of Topliss-reactive ketones (excluding diaryl/α,β-unsaturated/α-hetero) is 1. The van der Waals surface area contributed by atoms with Gasteiger partial charge in [-0.2, -0.15) is 13.2 Å². The third kappa shape index (κ3) is 2.33. The van der Waals surface area contributed by atoms with Gasteiger partial charge in [0.15, 0.2) is 0 Å². The van der Waals surface area contributed by atoms with Crippen molar-refractivity contribution >= 4 is 17.4 Å². The molecule has 1 heterocycles. The number of hydrogen-bond acceptors (Lipinski definition) is 2. The number of benzene rings is 1. The van der Waals surface area contributed by atoms with E-state index in [-0.39, 0.29) is 17.8 Å². The second-order valence-corrected chi connectivity index (χ2v) is 4.55. The van der Waals surface area contributed by atoms with Crippen LogP contribution in [0.2, 0.25) is 0 Å². The van der Waals surface area contributed by atoms with Gasteiger partial charge in [0, 0.05) is 6.54 Å². The number of alkyl halides is 3. The molecule has 0 spiro atoms. The van der Waals surface area contributed by atoms with Gasteiger partial charge in [0.2, 0.25) is 0 Å². The lowest BCUT2D eigenvalue weighted by molar-refractivity contribution is -0.137. The van der Waals surface area contributed by atoms with E-state index in [1.54, 1.807) is 0 Å². The summed E-state index contributed by atoms with van der Waals surface area (Å²) in [5.41, 5.74) is -0.205. The molecule has 0 radical (unpaired) electrons. The Bertz CT molecular complexity index is 605. The number of halogens is 3. The van der Waals surface area contributed by atoms with Gasteiger partial charge < -0.3 is 4.90 Å². The highest BCUT2D eigenvalue weighted by Gasteiger charge is 2.39. The average molecular weight is 283 g/mol. The van der Waals surface area contributed by atoms with E-state index in [0.29, 0.717) is 6.42 Å². The van der Waals surface area contributed by atoms with Gasteiger partial charge in [-0.1, -0.05) is 19.1 Å². The summed E-state index contributed by atoms with van der Waals surface area (Å²) < 4.78 is 37.9. The second kappa shape index (κ2) is 4.77. The lowest BCUT2D eigenvalue weighted by atomic mass is 10.1. The van der Waals surface area contributed by atoms with Crippen LogP contribution in [0.1, 0.15) is 29.3 Å². The number of ketones is 1. The van der Waals surface area contributed by atoms with E-state index in [9.17, 15) is 22.8 Å². The smallest absolute Gasteiger partial charge is 0.301 e. The zero-order valence-corrected chi connectivity index (χ0v) is 10.8. The van der Waals surface area contributed by atoms with Crippen molar-refractivity contribution in [3.63, 3.8) is 0 Å². The van der Waals surface area contributed by atoms with Crippen molar-refractivity contribution in [3.05, 3.63) is 41.5 Å². The quantitative estimate of drug-likeness (QED) is 0.631. The Hall–Kier alpha value is -2.11. The van der Waals surface area contributed by atoms with Crippen molar-refractivity contribution in [2.75, 3.05) is 11.4 Å². The molecule has 1 aliphatic heterocycles. The van der Waals surface area contributed by atoms with Gasteiger partial charge in [-0.25, -0.2) is 0 Å². The number of anilines is 1. The highest BCUT2D eigenvalue weighted by Crippen LogP contribution is 2.36. The van der Waals surface area contributed by atoms with E-state index in [1.807, 2.05) is 6.92 Å². The Morgan fingerprint density at radius 2 is 1.95 bits per heavy atom. The monoisotopic (exact) mass is 283 g/mol. The molecule has 0 unspecified atom stereocenters. The highest BCUT2D eigenvalue weighted by atomic mass is 19.4. The van der Waals surface area contributed by atoms with E-state index in [2.05, 4.69) is 6.58 Å². The summed E-state index contributed by atoms with van der Waals surface area (Å²) in [6, 6.07) is 2.75. The van der Waals surface area contributed by atoms with Crippen LogP contribution in [0.15, 0.2) is 30.4 Å². The van der Waals surface area contributed by atoms with E-state index in [0.717, 1.165) is 23.8 Å². The Morgan fingerprint density at radius 3 is 2.50 bits per heavy atom. The van der Waals surface area contributed by atoms with Crippen LogP contribution in [0.4, 0.5) is 18.9 Å². The van der Waals surface area contributed by atoms with Gasteiger partial charge in [-0.05, 0) is 24.6 Å². The Morgan fingerprint density at radius 1 is 1.30 bits per heavy atom. The SMILES string of the molecule is C=C(CC)CN1C(=O)C(=O)c2cc(C(F)(F)F)ccc21. The number of carbonyl (C=O) groups excluding carboxylic acids is 2. The summed E-state index contributed by atoms with van der Waals surface area (Å²) in [6.07, 6.45) is -3.92. The van der Waals surface area contributed by atoms with Crippen LogP contribution in [-0.2, 0) is 11.0 Å². The minimum Gasteiger partial charge on any atom is -0.301 e. The largest absolute Gasteiger partial charge is 0.416 e. The Labute approximate surface area is 113 Å². The molecule has 0 fully saturated rings. The van der Waals surface area contributed by atoms with Crippen molar-refractivity contribution in [2.45, 2.75) is 19.5 Å². The summed E-state index contributed by atoms with van der Waals surface area (Å²) in [4.78, 5) is 24.8. The topological polar surface area (TPSA) is 37.4 Å². The first-order chi connectivity index (χ1) is 9.25. The first kappa shape index (κ1) is 14.3. The number of hydrogen-bond donors (Lipinski definition) is 0. The number of amides is 1. The number of rotatable bonds is 3. The summed E-state index contributed by atoms with van der Waals surface area (Å²) in [6.45, 7) is 5.72. The first-order valence-corrected chi connectivity index (χ1v) is 5.99. The molecule has 20 heavy (non-hydrogen) atoms. The molecule has 1 amide bonds. The fraction of sp³-hybridized carbons (Fsp3) is 0.286. The summed E-state index contributed by atoms with van der Waals surface area (Å²) >= 11 is 0. The minimum absolute atomic E-state index is 0.138. The molecule has 0 aromatic heterocycles. The lowest BCUT2D eigenvalue weighted by Crippen LogP contribution is -2.31. The molecule has 1 aromatic carbocycles. The third-order valence-corrected chi connectivity index (χ3v) is 3.18. The molecule has 3 nitrogen and oxygen atoms in total. The van der Waals surface area contributed by atoms with Crippen LogP contribution < -0.4 is 4.90 Å². The van der Waals surface area contributed by atoms with Gasteiger partial charge >= 0.3 is 6.18 Å². The number of nitrogens with zero attached hydrogens (tertiary/aromatic N) is 1. The molecule has 0 saturated heterocycles. The molecule has 6 heteroatoms. The van der Waals surface area contributed by atoms with Crippen LogP contribution in [0, 0.1) is 0 Å².